The third-order valence-electron chi connectivity index (χ3n) is 4.83. The molecule has 3 rings (SSSR count). The smallest absolute Gasteiger partial charge is 0.326 e. The van der Waals surface area contributed by atoms with Crippen LogP contribution in [-0.4, -0.2) is 41.7 Å². The van der Waals surface area contributed by atoms with Crippen LogP contribution in [0.15, 0.2) is 52.4 Å². The Balaban J connectivity index is 1.57. The number of nitrogens with one attached hydrogen (secondary N) is 1. The number of furan rings is 1. The second kappa shape index (κ2) is 9.05. The number of rotatable bonds is 8. The maximum Gasteiger partial charge on any atom is 0.326 e. The predicted molar refractivity (Wildman–Crippen MR) is 105 cm³/mol. The minimum absolute atomic E-state index is 0.0532. The minimum Gasteiger partial charge on any atom is -0.480 e. The van der Waals surface area contributed by atoms with Crippen molar-refractivity contribution in [1.29, 1.82) is 0 Å². The van der Waals surface area contributed by atoms with Crippen molar-refractivity contribution in [3.8, 4) is 0 Å². The molecule has 2 atom stereocenters. The van der Waals surface area contributed by atoms with E-state index in [9.17, 15) is 19.5 Å². The van der Waals surface area contributed by atoms with Gasteiger partial charge >= 0.3 is 5.97 Å². The number of anilines is 1. The summed E-state index contributed by atoms with van der Waals surface area (Å²) in [6.07, 6.45) is 4.97. The molecule has 9 heteroatoms. The van der Waals surface area contributed by atoms with Crippen molar-refractivity contribution in [2.24, 2.45) is 16.9 Å². The fourth-order valence-electron chi connectivity index (χ4n) is 3.33. The van der Waals surface area contributed by atoms with Gasteiger partial charge in [0.1, 0.15) is 6.04 Å². The van der Waals surface area contributed by atoms with E-state index in [0.717, 1.165) is 11.3 Å². The Morgan fingerprint density at radius 3 is 2.72 bits per heavy atom. The molecule has 1 aliphatic rings. The van der Waals surface area contributed by atoms with Gasteiger partial charge in [-0.1, -0.05) is 12.1 Å². The average molecular weight is 398 g/mol. The van der Waals surface area contributed by atoms with Gasteiger partial charge < -0.3 is 25.6 Å². The maximum absolute atomic E-state index is 12.7. The first kappa shape index (κ1) is 20.1. The number of hydrazone groups is 1. The molecule has 1 aromatic carbocycles. The lowest BCUT2D eigenvalue weighted by atomic mass is 10.0. The van der Waals surface area contributed by atoms with Crippen molar-refractivity contribution in [1.82, 2.24) is 5.32 Å². The van der Waals surface area contributed by atoms with Crippen LogP contribution in [0.3, 0.4) is 0 Å². The number of carbonyl (C=O) groups excluding carboxylic acids is 2. The molecule has 0 radical (unpaired) electrons. The third-order valence-corrected chi connectivity index (χ3v) is 4.83. The molecule has 0 aliphatic carbocycles. The van der Waals surface area contributed by atoms with Crippen LogP contribution >= 0.6 is 0 Å². The van der Waals surface area contributed by atoms with Crippen LogP contribution in [0.25, 0.3) is 0 Å². The van der Waals surface area contributed by atoms with Gasteiger partial charge in [0.05, 0.1) is 18.7 Å². The zero-order valence-corrected chi connectivity index (χ0v) is 15.7. The number of hydrogen-bond acceptors (Lipinski definition) is 6. The highest BCUT2D eigenvalue weighted by molar-refractivity contribution is 5.99. The number of hydrogen-bond donors (Lipinski definition) is 3. The first-order valence-corrected chi connectivity index (χ1v) is 9.16. The summed E-state index contributed by atoms with van der Waals surface area (Å²) < 4.78 is 4.93. The molecule has 2 unspecified atom stereocenters. The molecular weight excluding hydrogens is 376 g/mol. The van der Waals surface area contributed by atoms with Gasteiger partial charge in [0.2, 0.25) is 11.8 Å². The Hall–Kier alpha value is -3.62. The molecule has 29 heavy (non-hydrogen) atoms. The summed E-state index contributed by atoms with van der Waals surface area (Å²) in [5.41, 5.74) is 2.22. The Kier molecular flexibility index (Phi) is 6.28. The number of amides is 2. The van der Waals surface area contributed by atoms with Crippen molar-refractivity contribution in [3.05, 3.63) is 54.0 Å². The lowest BCUT2D eigenvalue weighted by Gasteiger charge is -2.18. The highest BCUT2D eigenvalue weighted by Crippen LogP contribution is 2.27. The molecule has 4 N–H and O–H groups in total. The van der Waals surface area contributed by atoms with Crippen LogP contribution in [0.2, 0.25) is 0 Å². The van der Waals surface area contributed by atoms with Gasteiger partial charge in [-0.3, -0.25) is 9.59 Å². The van der Waals surface area contributed by atoms with Gasteiger partial charge in [-0.25, -0.2) is 4.79 Å². The summed E-state index contributed by atoms with van der Waals surface area (Å²) in [4.78, 5) is 38.1. The molecule has 1 saturated heterocycles. The highest BCUT2D eigenvalue weighted by Gasteiger charge is 2.34. The second-order valence-corrected chi connectivity index (χ2v) is 6.84. The first-order valence-electron chi connectivity index (χ1n) is 9.16. The van der Waals surface area contributed by atoms with Crippen molar-refractivity contribution in [2.75, 3.05) is 11.4 Å². The van der Waals surface area contributed by atoms with Gasteiger partial charge in [0.25, 0.3) is 0 Å². The van der Waals surface area contributed by atoms with Crippen molar-refractivity contribution in [3.63, 3.8) is 0 Å². The van der Waals surface area contributed by atoms with E-state index in [1.807, 2.05) is 0 Å². The van der Waals surface area contributed by atoms with E-state index in [2.05, 4.69) is 10.4 Å². The molecule has 2 amide bonds. The number of benzene rings is 1. The third kappa shape index (κ3) is 5.01. The molecule has 0 spiro atoms. The maximum atomic E-state index is 12.7. The lowest BCUT2D eigenvalue weighted by Crippen LogP contribution is -2.43. The molecule has 2 heterocycles. The summed E-state index contributed by atoms with van der Waals surface area (Å²) in [7, 11) is 0. The number of nitrogens with zero attached hydrogens (tertiary/aromatic N) is 2. The summed E-state index contributed by atoms with van der Waals surface area (Å²) in [6, 6.07) is 7.75. The van der Waals surface area contributed by atoms with Gasteiger partial charge in [0.15, 0.2) is 0 Å². The van der Waals surface area contributed by atoms with Crippen LogP contribution in [-0.2, 0) is 20.8 Å². The molecule has 0 bridgehead atoms. The fraction of sp³-hybridized carbons (Fsp3) is 0.300. The molecule has 152 valence electrons. The van der Waals surface area contributed by atoms with Gasteiger partial charge in [-0.05, 0) is 35.7 Å². The zero-order valence-electron chi connectivity index (χ0n) is 15.7. The number of carboxylic acid groups (broad SMARTS) is 1. The van der Waals surface area contributed by atoms with Crippen molar-refractivity contribution in [2.45, 2.75) is 25.3 Å². The normalized spacial score (nSPS) is 17.6. The average Bonchev–Trinajstić information content (AvgIpc) is 3.33. The van der Waals surface area contributed by atoms with Crippen LogP contribution in [0.4, 0.5) is 5.69 Å². The van der Waals surface area contributed by atoms with E-state index in [-0.39, 0.29) is 18.7 Å². The van der Waals surface area contributed by atoms with E-state index >= 15 is 0 Å². The van der Waals surface area contributed by atoms with Crippen LogP contribution in [0.5, 0.6) is 0 Å². The highest BCUT2D eigenvalue weighted by atomic mass is 16.4. The minimum atomic E-state index is -1.14. The molecule has 1 aromatic heterocycles. The SMILES string of the molecule is NN=Cc1ccc(N2CCC(CC(=O)NC(Cc3ccoc3)C(=O)O)C2=O)cc1. The molecule has 1 aliphatic heterocycles. The Morgan fingerprint density at radius 1 is 1.34 bits per heavy atom. The predicted octanol–water partition coefficient (Wildman–Crippen LogP) is 1.13. The zero-order chi connectivity index (χ0) is 20.8. The topological polar surface area (TPSA) is 138 Å². The number of aliphatic carboxylic acids is 1. The van der Waals surface area contributed by atoms with E-state index < -0.39 is 23.8 Å². The van der Waals surface area contributed by atoms with E-state index in [1.54, 1.807) is 35.2 Å². The van der Waals surface area contributed by atoms with Crippen molar-refractivity contribution >= 4 is 29.7 Å². The monoisotopic (exact) mass is 398 g/mol. The first-order chi connectivity index (χ1) is 14.0. The van der Waals surface area contributed by atoms with Crippen LogP contribution in [0, 0.1) is 5.92 Å². The molecular formula is C20H22N4O5. The van der Waals surface area contributed by atoms with Crippen LogP contribution in [0.1, 0.15) is 24.0 Å². The number of nitrogens with two attached hydrogens (primary N) is 1. The molecule has 1 fully saturated rings. The van der Waals surface area contributed by atoms with E-state index in [1.165, 1.54) is 18.7 Å². The Morgan fingerprint density at radius 2 is 2.10 bits per heavy atom. The summed E-state index contributed by atoms with van der Waals surface area (Å²) in [6.45, 7) is 0.498. The van der Waals surface area contributed by atoms with E-state index in [4.69, 9.17) is 10.3 Å². The Labute approximate surface area is 167 Å². The van der Waals surface area contributed by atoms with Gasteiger partial charge in [0, 0.05) is 31.0 Å². The second-order valence-electron chi connectivity index (χ2n) is 6.84. The van der Waals surface area contributed by atoms with Gasteiger partial charge in [-0.15, -0.1) is 0 Å². The summed E-state index contributed by atoms with van der Waals surface area (Å²) in [5, 5.41) is 15.3. The number of carboxylic acids is 1. The largest absolute Gasteiger partial charge is 0.480 e. The fourth-order valence-corrected chi connectivity index (χ4v) is 3.33. The molecule has 9 nitrogen and oxygen atoms in total. The standard InChI is InChI=1S/C20H22N4O5/c21-22-11-13-1-3-16(4-2-13)24-7-5-15(19(24)26)10-18(25)23-17(20(27)28)9-14-6-8-29-12-14/h1-4,6,8,11-12,15,17H,5,7,9-10,21H2,(H,23,25)(H,27,28). The van der Waals surface area contributed by atoms with Crippen molar-refractivity contribution < 1.29 is 23.9 Å². The van der Waals surface area contributed by atoms with E-state index in [0.29, 0.717) is 18.5 Å². The summed E-state index contributed by atoms with van der Waals surface area (Å²) >= 11 is 0. The molecule has 0 saturated carbocycles. The lowest BCUT2D eigenvalue weighted by molar-refractivity contribution is -0.142. The van der Waals surface area contributed by atoms with Gasteiger partial charge in [-0.2, -0.15) is 5.10 Å². The number of carbonyl (C=O) groups is 3. The Bertz CT molecular complexity index is 892. The van der Waals surface area contributed by atoms with Crippen LogP contribution < -0.4 is 16.1 Å². The summed E-state index contributed by atoms with van der Waals surface area (Å²) in [5.74, 6) is 2.89. The molecule has 2 aromatic rings. The quantitative estimate of drug-likeness (QED) is 0.346.